The van der Waals surface area contributed by atoms with Crippen LogP contribution in [-0.4, -0.2) is 55.7 Å². The number of anilines is 1. The van der Waals surface area contributed by atoms with E-state index in [-0.39, 0.29) is 30.6 Å². The average molecular weight is 398 g/mol. The molecule has 1 fully saturated rings. The van der Waals surface area contributed by atoms with Crippen molar-refractivity contribution in [2.45, 2.75) is 26.1 Å². The van der Waals surface area contributed by atoms with E-state index in [4.69, 9.17) is 14.2 Å². The number of carbonyl (C=O) groups excluding carboxylic acids is 2. The molecule has 0 radical (unpaired) electrons. The SMILES string of the molecule is COc1ccccc1C(=O)Nc1ccc(OCC(=O)N2C[C@H](C)O[C@@H](C)C2)cc1. The number of hydrogen-bond donors (Lipinski definition) is 1. The van der Waals surface area contributed by atoms with E-state index in [1.165, 1.54) is 7.11 Å². The molecule has 0 unspecified atom stereocenters. The smallest absolute Gasteiger partial charge is 0.260 e. The van der Waals surface area contributed by atoms with E-state index in [0.29, 0.717) is 35.8 Å². The number of carbonyl (C=O) groups is 2. The van der Waals surface area contributed by atoms with Crippen molar-refractivity contribution in [1.82, 2.24) is 4.90 Å². The summed E-state index contributed by atoms with van der Waals surface area (Å²) in [7, 11) is 1.53. The van der Waals surface area contributed by atoms with Gasteiger partial charge < -0.3 is 24.4 Å². The Hall–Kier alpha value is -3.06. The maximum Gasteiger partial charge on any atom is 0.260 e. The molecule has 2 amide bonds. The zero-order valence-electron chi connectivity index (χ0n) is 16.9. The lowest BCUT2D eigenvalue weighted by atomic mass is 10.2. The molecular weight excluding hydrogens is 372 g/mol. The highest BCUT2D eigenvalue weighted by atomic mass is 16.5. The molecule has 0 bridgehead atoms. The van der Waals surface area contributed by atoms with Gasteiger partial charge in [0.15, 0.2) is 6.61 Å². The number of nitrogens with one attached hydrogen (secondary N) is 1. The lowest BCUT2D eigenvalue weighted by molar-refractivity contribution is -0.145. The molecule has 154 valence electrons. The van der Waals surface area contributed by atoms with Gasteiger partial charge in [0.2, 0.25) is 0 Å². The van der Waals surface area contributed by atoms with Gasteiger partial charge in [-0.05, 0) is 50.2 Å². The fraction of sp³-hybridized carbons (Fsp3) is 0.364. The van der Waals surface area contributed by atoms with Gasteiger partial charge in [0.25, 0.3) is 11.8 Å². The molecule has 1 aliphatic heterocycles. The van der Waals surface area contributed by atoms with Gasteiger partial charge in [-0.15, -0.1) is 0 Å². The second kappa shape index (κ2) is 9.43. The van der Waals surface area contributed by atoms with Crippen LogP contribution in [0.3, 0.4) is 0 Å². The highest BCUT2D eigenvalue weighted by Gasteiger charge is 2.26. The summed E-state index contributed by atoms with van der Waals surface area (Å²) in [4.78, 5) is 26.6. The van der Waals surface area contributed by atoms with Crippen LogP contribution in [0.25, 0.3) is 0 Å². The van der Waals surface area contributed by atoms with E-state index in [9.17, 15) is 9.59 Å². The number of para-hydroxylation sites is 1. The van der Waals surface area contributed by atoms with Crippen molar-refractivity contribution >= 4 is 17.5 Å². The van der Waals surface area contributed by atoms with E-state index in [1.54, 1.807) is 53.4 Å². The molecule has 1 saturated heterocycles. The van der Waals surface area contributed by atoms with E-state index in [1.807, 2.05) is 13.8 Å². The average Bonchev–Trinajstić information content (AvgIpc) is 2.72. The number of methoxy groups -OCH3 is 1. The summed E-state index contributed by atoms with van der Waals surface area (Å²) in [6.07, 6.45) is 0.0441. The van der Waals surface area contributed by atoms with Crippen LogP contribution in [0.1, 0.15) is 24.2 Å². The molecule has 7 nitrogen and oxygen atoms in total. The molecule has 1 heterocycles. The second-order valence-corrected chi connectivity index (χ2v) is 7.02. The van der Waals surface area contributed by atoms with Gasteiger partial charge in [-0.3, -0.25) is 9.59 Å². The third-order valence-corrected chi connectivity index (χ3v) is 4.60. The van der Waals surface area contributed by atoms with Crippen LogP contribution in [0.15, 0.2) is 48.5 Å². The fourth-order valence-corrected chi connectivity index (χ4v) is 3.28. The zero-order chi connectivity index (χ0) is 20.8. The largest absolute Gasteiger partial charge is 0.496 e. The minimum absolute atomic E-state index is 0.0221. The minimum Gasteiger partial charge on any atom is -0.496 e. The number of morpholine rings is 1. The Morgan fingerprint density at radius 1 is 1.07 bits per heavy atom. The summed E-state index contributed by atoms with van der Waals surface area (Å²) in [6, 6.07) is 13.9. The monoisotopic (exact) mass is 398 g/mol. The summed E-state index contributed by atoms with van der Waals surface area (Å²) in [5.74, 6) is 0.737. The van der Waals surface area contributed by atoms with Crippen molar-refractivity contribution in [1.29, 1.82) is 0 Å². The molecule has 1 aliphatic rings. The highest BCUT2D eigenvalue weighted by Crippen LogP contribution is 2.21. The normalized spacial score (nSPS) is 18.8. The van der Waals surface area contributed by atoms with Crippen LogP contribution < -0.4 is 14.8 Å². The van der Waals surface area contributed by atoms with Gasteiger partial charge >= 0.3 is 0 Å². The van der Waals surface area contributed by atoms with Crippen LogP contribution in [-0.2, 0) is 9.53 Å². The van der Waals surface area contributed by atoms with Crippen molar-refractivity contribution < 1.29 is 23.8 Å². The van der Waals surface area contributed by atoms with Crippen molar-refractivity contribution in [3.63, 3.8) is 0 Å². The molecule has 0 saturated carbocycles. The number of rotatable bonds is 6. The molecule has 2 aromatic carbocycles. The maximum absolute atomic E-state index is 12.4. The van der Waals surface area contributed by atoms with Gasteiger partial charge in [-0.2, -0.15) is 0 Å². The van der Waals surface area contributed by atoms with E-state index < -0.39 is 0 Å². The molecule has 7 heteroatoms. The van der Waals surface area contributed by atoms with E-state index in [0.717, 1.165) is 0 Å². The Kier molecular flexibility index (Phi) is 6.72. The summed E-state index contributed by atoms with van der Waals surface area (Å²) in [6.45, 7) is 5.01. The van der Waals surface area contributed by atoms with Crippen LogP contribution >= 0.6 is 0 Å². The van der Waals surface area contributed by atoms with Gasteiger partial charge in [-0.1, -0.05) is 12.1 Å². The van der Waals surface area contributed by atoms with Gasteiger partial charge in [-0.25, -0.2) is 0 Å². The third-order valence-electron chi connectivity index (χ3n) is 4.60. The molecule has 3 rings (SSSR count). The first-order chi connectivity index (χ1) is 14.0. The van der Waals surface area contributed by atoms with Crippen LogP contribution in [0.4, 0.5) is 5.69 Å². The first-order valence-corrected chi connectivity index (χ1v) is 9.56. The summed E-state index contributed by atoms with van der Waals surface area (Å²) < 4.78 is 16.5. The Morgan fingerprint density at radius 3 is 2.38 bits per heavy atom. The molecule has 29 heavy (non-hydrogen) atoms. The molecule has 0 aromatic heterocycles. The van der Waals surface area contributed by atoms with Gasteiger partial charge in [0, 0.05) is 18.8 Å². The Balaban J connectivity index is 1.53. The van der Waals surface area contributed by atoms with E-state index in [2.05, 4.69) is 5.32 Å². The number of amides is 2. The van der Waals surface area contributed by atoms with Crippen molar-refractivity contribution in [2.75, 3.05) is 32.1 Å². The van der Waals surface area contributed by atoms with Crippen LogP contribution in [0.5, 0.6) is 11.5 Å². The lowest BCUT2D eigenvalue weighted by Crippen LogP contribution is -2.49. The quantitative estimate of drug-likeness (QED) is 0.810. The lowest BCUT2D eigenvalue weighted by Gasteiger charge is -2.35. The number of benzene rings is 2. The predicted octanol–water partition coefficient (Wildman–Crippen LogP) is 2.96. The molecule has 2 aromatic rings. The number of nitrogens with zero attached hydrogens (tertiary/aromatic N) is 1. The topological polar surface area (TPSA) is 77.1 Å². The van der Waals surface area contributed by atoms with Gasteiger partial charge in [0.05, 0.1) is 24.9 Å². The first kappa shape index (κ1) is 20.7. The maximum atomic E-state index is 12.4. The third kappa shape index (κ3) is 5.48. The Bertz CT molecular complexity index is 843. The highest BCUT2D eigenvalue weighted by molar-refractivity contribution is 6.06. The van der Waals surface area contributed by atoms with Crippen molar-refractivity contribution in [3.8, 4) is 11.5 Å². The molecule has 2 atom stereocenters. The second-order valence-electron chi connectivity index (χ2n) is 7.02. The van der Waals surface area contributed by atoms with Crippen LogP contribution in [0, 0.1) is 0 Å². The molecule has 1 N–H and O–H groups in total. The minimum atomic E-state index is -0.262. The number of ether oxygens (including phenoxy) is 3. The van der Waals surface area contributed by atoms with Gasteiger partial charge in [0.1, 0.15) is 11.5 Å². The first-order valence-electron chi connectivity index (χ1n) is 9.56. The van der Waals surface area contributed by atoms with Crippen LogP contribution in [0.2, 0.25) is 0 Å². The molecule has 0 aliphatic carbocycles. The summed E-state index contributed by atoms with van der Waals surface area (Å²) >= 11 is 0. The molecule has 0 spiro atoms. The van der Waals surface area contributed by atoms with Crippen molar-refractivity contribution in [3.05, 3.63) is 54.1 Å². The van der Waals surface area contributed by atoms with E-state index >= 15 is 0 Å². The Labute approximate surface area is 170 Å². The fourth-order valence-electron chi connectivity index (χ4n) is 3.28. The Morgan fingerprint density at radius 2 is 1.72 bits per heavy atom. The predicted molar refractivity (Wildman–Crippen MR) is 109 cm³/mol. The standard InChI is InChI=1S/C22H26N2O5/c1-15-12-24(13-16(2)29-15)21(25)14-28-18-10-8-17(9-11-18)23-22(26)19-6-4-5-7-20(19)27-3/h4-11,15-16H,12-14H2,1-3H3,(H,23,26)/t15-,16-/m0/s1. The summed E-state index contributed by atoms with van der Waals surface area (Å²) in [5, 5.41) is 2.82. The summed E-state index contributed by atoms with van der Waals surface area (Å²) in [5.41, 5.74) is 1.07. The number of hydrogen-bond acceptors (Lipinski definition) is 5. The van der Waals surface area contributed by atoms with Crippen molar-refractivity contribution in [2.24, 2.45) is 0 Å². The molecular formula is C22H26N2O5. The zero-order valence-corrected chi connectivity index (χ0v) is 16.9.